The van der Waals surface area contributed by atoms with E-state index in [2.05, 4.69) is 21.2 Å². The van der Waals surface area contributed by atoms with Gasteiger partial charge in [0.15, 0.2) is 0 Å². The van der Waals surface area contributed by atoms with Crippen molar-refractivity contribution in [3.8, 4) is 11.5 Å². The molecule has 0 aliphatic rings. The van der Waals surface area contributed by atoms with Crippen molar-refractivity contribution in [2.24, 2.45) is 0 Å². The summed E-state index contributed by atoms with van der Waals surface area (Å²) in [6.07, 6.45) is 0. The van der Waals surface area contributed by atoms with Crippen LogP contribution in [0, 0.1) is 6.92 Å². The van der Waals surface area contributed by atoms with Crippen LogP contribution in [0.5, 0.6) is 11.5 Å². The molecule has 186 valence electrons. The van der Waals surface area contributed by atoms with Crippen LogP contribution in [0.3, 0.4) is 0 Å². The Labute approximate surface area is 215 Å². The van der Waals surface area contributed by atoms with Crippen molar-refractivity contribution >= 4 is 37.5 Å². The van der Waals surface area contributed by atoms with Gasteiger partial charge in [-0.1, -0.05) is 34.1 Å². The zero-order valence-electron chi connectivity index (χ0n) is 20.1. The number of rotatable bonds is 10. The summed E-state index contributed by atoms with van der Waals surface area (Å²) in [4.78, 5) is 13.1. The minimum Gasteiger partial charge on any atom is -0.495 e. The molecule has 0 bridgehead atoms. The lowest BCUT2D eigenvalue weighted by Crippen LogP contribution is -2.41. The third kappa shape index (κ3) is 6.55. The quantitative estimate of drug-likeness (QED) is 0.366. The molecule has 1 unspecified atom stereocenters. The second kappa shape index (κ2) is 11.6. The van der Waals surface area contributed by atoms with Gasteiger partial charge in [0.25, 0.3) is 10.0 Å². The first-order valence-electron chi connectivity index (χ1n) is 11.1. The van der Waals surface area contributed by atoms with Crippen LogP contribution in [0.2, 0.25) is 0 Å². The van der Waals surface area contributed by atoms with Crippen molar-refractivity contribution in [2.75, 3.05) is 24.6 Å². The zero-order valence-corrected chi connectivity index (χ0v) is 22.5. The van der Waals surface area contributed by atoms with Crippen LogP contribution < -0.4 is 19.1 Å². The van der Waals surface area contributed by atoms with Gasteiger partial charge in [0.05, 0.1) is 25.4 Å². The summed E-state index contributed by atoms with van der Waals surface area (Å²) in [7, 11) is -2.73. The Balaban J connectivity index is 1.96. The van der Waals surface area contributed by atoms with E-state index in [0.717, 1.165) is 19.9 Å². The van der Waals surface area contributed by atoms with Gasteiger partial charge in [-0.3, -0.25) is 9.10 Å². The second-order valence-electron chi connectivity index (χ2n) is 7.93. The summed E-state index contributed by atoms with van der Waals surface area (Å²) in [6, 6.07) is 18.8. The van der Waals surface area contributed by atoms with E-state index in [0.29, 0.717) is 18.0 Å². The predicted molar refractivity (Wildman–Crippen MR) is 141 cm³/mol. The van der Waals surface area contributed by atoms with Gasteiger partial charge in [0, 0.05) is 4.47 Å². The van der Waals surface area contributed by atoms with Crippen LogP contribution in [0.15, 0.2) is 76.1 Å². The van der Waals surface area contributed by atoms with Gasteiger partial charge in [-0.25, -0.2) is 8.42 Å². The van der Waals surface area contributed by atoms with Crippen molar-refractivity contribution in [2.45, 2.75) is 31.7 Å². The SMILES string of the molecule is CCOc1ccc(N(CC(=O)NC(C)c2ccc(Br)cc2)S(=O)(=O)c2cc(C)ccc2OC)cc1. The van der Waals surface area contributed by atoms with E-state index in [4.69, 9.17) is 9.47 Å². The van der Waals surface area contributed by atoms with Crippen molar-refractivity contribution < 1.29 is 22.7 Å². The number of anilines is 1. The summed E-state index contributed by atoms with van der Waals surface area (Å²) in [5.74, 6) is 0.370. The average molecular weight is 561 g/mol. The third-order valence-electron chi connectivity index (χ3n) is 5.36. The summed E-state index contributed by atoms with van der Waals surface area (Å²) in [5.41, 5.74) is 1.99. The molecule has 0 spiro atoms. The number of nitrogens with zero attached hydrogens (tertiary/aromatic N) is 1. The van der Waals surface area contributed by atoms with Gasteiger partial charge in [-0.15, -0.1) is 0 Å². The number of hydrogen-bond donors (Lipinski definition) is 1. The summed E-state index contributed by atoms with van der Waals surface area (Å²) in [5, 5.41) is 2.89. The van der Waals surface area contributed by atoms with Crippen LogP contribution in [0.1, 0.15) is 31.0 Å². The molecule has 0 saturated carbocycles. The molecular formula is C26H29BrN2O5S. The highest BCUT2D eigenvalue weighted by atomic mass is 79.9. The standard InChI is InChI=1S/C26H29BrN2O5S/c1-5-34-23-13-11-22(12-14-23)29(35(31,32)25-16-18(2)6-15-24(25)33-4)17-26(30)28-19(3)20-7-9-21(27)10-8-20/h6-16,19H,5,17H2,1-4H3,(H,28,30). The zero-order chi connectivity index (χ0) is 25.6. The Morgan fingerprint density at radius 2 is 1.71 bits per heavy atom. The smallest absolute Gasteiger partial charge is 0.268 e. The molecule has 9 heteroatoms. The molecule has 0 saturated heterocycles. The molecule has 1 N–H and O–H groups in total. The Kier molecular flexibility index (Phi) is 8.80. The highest BCUT2D eigenvalue weighted by Gasteiger charge is 2.30. The highest BCUT2D eigenvalue weighted by molar-refractivity contribution is 9.10. The van der Waals surface area contributed by atoms with Crippen LogP contribution in [0.25, 0.3) is 0 Å². The highest BCUT2D eigenvalue weighted by Crippen LogP contribution is 2.31. The number of methoxy groups -OCH3 is 1. The van der Waals surface area contributed by atoms with Gasteiger partial charge in [0.1, 0.15) is 22.9 Å². The molecule has 0 radical (unpaired) electrons. The van der Waals surface area contributed by atoms with Crippen molar-refractivity contribution in [3.05, 3.63) is 82.3 Å². The molecule has 0 aliphatic heterocycles. The van der Waals surface area contributed by atoms with E-state index >= 15 is 0 Å². The van der Waals surface area contributed by atoms with Crippen molar-refractivity contribution in [1.29, 1.82) is 0 Å². The first-order valence-corrected chi connectivity index (χ1v) is 13.3. The molecule has 0 aromatic heterocycles. The van der Waals surface area contributed by atoms with E-state index in [1.807, 2.05) is 38.1 Å². The number of sulfonamides is 1. The maximum absolute atomic E-state index is 13.8. The summed E-state index contributed by atoms with van der Waals surface area (Å²) in [6.45, 7) is 5.59. The lowest BCUT2D eigenvalue weighted by Gasteiger charge is -2.26. The first kappa shape index (κ1) is 26.6. The van der Waals surface area contributed by atoms with E-state index in [9.17, 15) is 13.2 Å². The number of amides is 1. The topological polar surface area (TPSA) is 84.9 Å². The van der Waals surface area contributed by atoms with Crippen molar-refractivity contribution in [3.63, 3.8) is 0 Å². The number of halogens is 1. The Bertz CT molecular complexity index is 1260. The Morgan fingerprint density at radius 1 is 1.06 bits per heavy atom. The molecule has 3 aromatic carbocycles. The fourth-order valence-electron chi connectivity index (χ4n) is 3.55. The average Bonchev–Trinajstić information content (AvgIpc) is 2.83. The molecule has 0 fully saturated rings. The number of carbonyl (C=O) groups excluding carboxylic acids is 1. The number of nitrogens with one attached hydrogen (secondary N) is 1. The third-order valence-corrected chi connectivity index (χ3v) is 7.68. The molecule has 3 rings (SSSR count). The largest absolute Gasteiger partial charge is 0.495 e. The predicted octanol–water partition coefficient (Wildman–Crippen LogP) is 5.24. The second-order valence-corrected chi connectivity index (χ2v) is 10.7. The van der Waals surface area contributed by atoms with E-state index in [1.54, 1.807) is 43.3 Å². The Hall–Kier alpha value is -3.04. The minimum absolute atomic E-state index is 0.0114. The summed E-state index contributed by atoms with van der Waals surface area (Å²) >= 11 is 3.40. The number of ether oxygens (including phenoxy) is 2. The molecule has 3 aromatic rings. The fraction of sp³-hybridized carbons (Fsp3) is 0.269. The molecule has 1 atom stereocenters. The molecule has 0 heterocycles. The normalized spacial score (nSPS) is 12.0. The number of carbonyl (C=O) groups is 1. The Morgan fingerprint density at radius 3 is 2.31 bits per heavy atom. The molecule has 1 amide bonds. The monoisotopic (exact) mass is 560 g/mol. The molecule has 0 aliphatic carbocycles. The first-order chi connectivity index (χ1) is 16.6. The minimum atomic E-state index is -4.15. The van der Waals surface area contributed by atoms with Crippen LogP contribution >= 0.6 is 15.9 Å². The molecule has 7 nitrogen and oxygen atoms in total. The van der Waals surface area contributed by atoms with Crippen LogP contribution in [-0.4, -0.2) is 34.6 Å². The van der Waals surface area contributed by atoms with Gasteiger partial charge < -0.3 is 14.8 Å². The van der Waals surface area contributed by atoms with Gasteiger partial charge in [-0.05, 0) is 80.4 Å². The van der Waals surface area contributed by atoms with Gasteiger partial charge in [-0.2, -0.15) is 0 Å². The number of benzene rings is 3. The van der Waals surface area contributed by atoms with Crippen LogP contribution in [0.4, 0.5) is 5.69 Å². The van der Waals surface area contributed by atoms with Crippen LogP contribution in [-0.2, 0) is 14.8 Å². The van der Waals surface area contributed by atoms with E-state index < -0.39 is 22.5 Å². The molecule has 35 heavy (non-hydrogen) atoms. The van der Waals surface area contributed by atoms with Gasteiger partial charge >= 0.3 is 0 Å². The fourth-order valence-corrected chi connectivity index (χ4v) is 5.48. The van der Waals surface area contributed by atoms with E-state index in [1.165, 1.54) is 13.2 Å². The maximum Gasteiger partial charge on any atom is 0.268 e. The summed E-state index contributed by atoms with van der Waals surface area (Å²) < 4.78 is 40.5. The maximum atomic E-state index is 13.8. The lowest BCUT2D eigenvalue weighted by molar-refractivity contribution is -0.120. The number of aryl methyl sites for hydroxylation is 1. The lowest BCUT2D eigenvalue weighted by atomic mass is 10.1. The van der Waals surface area contributed by atoms with E-state index in [-0.39, 0.29) is 16.7 Å². The molecular weight excluding hydrogens is 532 g/mol. The van der Waals surface area contributed by atoms with Crippen molar-refractivity contribution in [1.82, 2.24) is 5.32 Å². The number of hydrogen-bond acceptors (Lipinski definition) is 5. The van der Waals surface area contributed by atoms with Gasteiger partial charge in [0.2, 0.25) is 5.91 Å².